The minimum Gasteiger partial charge on any atom is -0.320 e. The monoisotopic (exact) mass is 296 g/mol. The van der Waals surface area contributed by atoms with Gasteiger partial charge in [0.25, 0.3) is 0 Å². The van der Waals surface area contributed by atoms with Crippen LogP contribution in [0.25, 0.3) is 0 Å². The van der Waals surface area contributed by atoms with E-state index in [1.807, 2.05) is 0 Å². The third kappa shape index (κ3) is 2.90. The van der Waals surface area contributed by atoms with Gasteiger partial charge in [-0.15, -0.1) is 0 Å². The molecule has 1 aromatic carbocycles. The molecule has 0 bridgehead atoms. The molecule has 112 valence electrons. The van der Waals surface area contributed by atoms with Crippen LogP contribution in [-0.4, -0.2) is 11.9 Å². The standard InChI is InChI=1S/C12H13F5N2O/c1-3-4(2)10(18)12(20)19-11-8(16)6(14)5(13)7(15)9(11)17/h4,10H,3,18H2,1-2H3,(H,19,20). The van der Waals surface area contributed by atoms with E-state index < -0.39 is 46.7 Å². The highest BCUT2D eigenvalue weighted by Crippen LogP contribution is 2.27. The number of nitrogens with two attached hydrogens (primary N) is 1. The van der Waals surface area contributed by atoms with Gasteiger partial charge in [0.05, 0.1) is 6.04 Å². The molecule has 0 aliphatic carbocycles. The van der Waals surface area contributed by atoms with Gasteiger partial charge in [-0.25, -0.2) is 22.0 Å². The van der Waals surface area contributed by atoms with E-state index in [9.17, 15) is 26.7 Å². The molecule has 1 amide bonds. The Morgan fingerprint density at radius 2 is 1.45 bits per heavy atom. The zero-order chi connectivity index (χ0) is 15.6. The summed E-state index contributed by atoms with van der Waals surface area (Å²) in [6.07, 6.45) is 0.506. The third-order valence-corrected chi connectivity index (χ3v) is 3.02. The van der Waals surface area contributed by atoms with Gasteiger partial charge >= 0.3 is 0 Å². The van der Waals surface area contributed by atoms with Crippen LogP contribution in [0.3, 0.4) is 0 Å². The van der Waals surface area contributed by atoms with Crippen molar-refractivity contribution >= 4 is 11.6 Å². The molecule has 2 unspecified atom stereocenters. The van der Waals surface area contributed by atoms with Crippen LogP contribution in [0.5, 0.6) is 0 Å². The summed E-state index contributed by atoms with van der Waals surface area (Å²) in [5.74, 6) is -12.1. The zero-order valence-electron chi connectivity index (χ0n) is 10.7. The van der Waals surface area contributed by atoms with Crippen molar-refractivity contribution in [3.63, 3.8) is 0 Å². The van der Waals surface area contributed by atoms with E-state index in [2.05, 4.69) is 0 Å². The fourth-order valence-corrected chi connectivity index (χ4v) is 1.43. The molecule has 0 aliphatic rings. The van der Waals surface area contributed by atoms with Gasteiger partial charge in [-0.2, -0.15) is 0 Å². The van der Waals surface area contributed by atoms with Gasteiger partial charge in [0.15, 0.2) is 23.3 Å². The molecule has 0 saturated heterocycles. The summed E-state index contributed by atoms with van der Waals surface area (Å²) < 4.78 is 65.3. The summed E-state index contributed by atoms with van der Waals surface area (Å²) >= 11 is 0. The Balaban J connectivity index is 3.14. The second-order valence-corrected chi connectivity index (χ2v) is 4.35. The first-order valence-corrected chi connectivity index (χ1v) is 5.80. The van der Waals surface area contributed by atoms with Crippen LogP contribution in [0, 0.1) is 35.0 Å². The first kappa shape index (κ1) is 16.4. The van der Waals surface area contributed by atoms with Crippen LogP contribution in [0.15, 0.2) is 0 Å². The lowest BCUT2D eigenvalue weighted by atomic mass is 9.99. The van der Waals surface area contributed by atoms with Gasteiger partial charge in [-0.1, -0.05) is 20.3 Å². The fraction of sp³-hybridized carbons (Fsp3) is 0.417. The van der Waals surface area contributed by atoms with Crippen molar-refractivity contribution in [3.8, 4) is 0 Å². The Kier molecular flexibility index (Phi) is 5.04. The Morgan fingerprint density at radius 3 is 1.85 bits per heavy atom. The average Bonchev–Trinajstić information content (AvgIpc) is 2.45. The van der Waals surface area contributed by atoms with Crippen molar-refractivity contribution < 1.29 is 26.7 Å². The number of hydrogen-bond donors (Lipinski definition) is 2. The van der Waals surface area contributed by atoms with Gasteiger partial charge in [0.2, 0.25) is 11.7 Å². The molecule has 3 nitrogen and oxygen atoms in total. The van der Waals surface area contributed by atoms with E-state index in [1.165, 1.54) is 0 Å². The molecule has 0 spiro atoms. The van der Waals surface area contributed by atoms with Crippen LogP contribution in [-0.2, 0) is 4.79 Å². The molecular formula is C12H13F5N2O. The van der Waals surface area contributed by atoms with E-state index in [0.29, 0.717) is 6.42 Å². The third-order valence-electron chi connectivity index (χ3n) is 3.02. The summed E-state index contributed by atoms with van der Waals surface area (Å²) in [4.78, 5) is 11.6. The van der Waals surface area contributed by atoms with Gasteiger partial charge in [0, 0.05) is 0 Å². The largest absolute Gasteiger partial charge is 0.320 e. The van der Waals surface area contributed by atoms with Crippen molar-refractivity contribution in [1.29, 1.82) is 0 Å². The lowest BCUT2D eigenvalue weighted by molar-refractivity contribution is -0.118. The second-order valence-electron chi connectivity index (χ2n) is 4.35. The van der Waals surface area contributed by atoms with Crippen LogP contribution in [0.2, 0.25) is 0 Å². The lowest BCUT2D eigenvalue weighted by Gasteiger charge is -2.18. The van der Waals surface area contributed by atoms with Crippen LogP contribution < -0.4 is 11.1 Å². The molecule has 0 heterocycles. The number of rotatable bonds is 4. The number of amides is 1. The number of carbonyl (C=O) groups is 1. The van der Waals surface area contributed by atoms with Gasteiger partial charge in [-0.3, -0.25) is 4.79 Å². The van der Waals surface area contributed by atoms with Crippen molar-refractivity contribution in [1.82, 2.24) is 0 Å². The summed E-state index contributed by atoms with van der Waals surface area (Å²) in [6, 6.07) is -1.13. The van der Waals surface area contributed by atoms with E-state index >= 15 is 0 Å². The molecule has 0 aliphatic heterocycles. The van der Waals surface area contributed by atoms with Crippen molar-refractivity contribution in [3.05, 3.63) is 29.1 Å². The Hall–Kier alpha value is -1.70. The average molecular weight is 296 g/mol. The lowest BCUT2D eigenvalue weighted by Crippen LogP contribution is -2.41. The highest BCUT2D eigenvalue weighted by atomic mass is 19.2. The number of carbonyl (C=O) groups excluding carboxylic acids is 1. The quantitative estimate of drug-likeness (QED) is 0.510. The van der Waals surface area contributed by atoms with Crippen molar-refractivity contribution in [2.24, 2.45) is 11.7 Å². The van der Waals surface area contributed by atoms with Crippen LogP contribution in [0.1, 0.15) is 20.3 Å². The number of hydrogen-bond acceptors (Lipinski definition) is 2. The predicted octanol–water partition coefficient (Wildman–Crippen LogP) is 2.69. The highest BCUT2D eigenvalue weighted by Gasteiger charge is 2.28. The molecule has 8 heteroatoms. The van der Waals surface area contributed by atoms with E-state index in [0.717, 1.165) is 0 Å². The molecule has 0 radical (unpaired) electrons. The Labute approximate surface area is 112 Å². The van der Waals surface area contributed by atoms with Gasteiger partial charge in [0.1, 0.15) is 5.69 Å². The number of benzene rings is 1. The summed E-state index contributed by atoms with van der Waals surface area (Å²) in [5.41, 5.74) is 4.11. The maximum absolute atomic E-state index is 13.3. The molecular weight excluding hydrogens is 283 g/mol. The predicted molar refractivity (Wildman–Crippen MR) is 62.3 cm³/mol. The van der Waals surface area contributed by atoms with Gasteiger partial charge in [-0.05, 0) is 5.92 Å². The molecule has 2 atom stereocenters. The van der Waals surface area contributed by atoms with E-state index in [-0.39, 0.29) is 5.92 Å². The second kappa shape index (κ2) is 6.17. The van der Waals surface area contributed by atoms with Crippen molar-refractivity contribution in [2.45, 2.75) is 26.3 Å². The smallest absolute Gasteiger partial charge is 0.241 e. The van der Waals surface area contributed by atoms with Crippen molar-refractivity contribution in [2.75, 3.05) is 5.32 Å². The first-order chi connectivity index (χ1) is 9.22. The topological polar surface area (TPSA) is 55.1 Å². The number of anilines is 1. The molecule has 0 saturated carbocycles. The molecule has 20 heavy (non-hydrogen) atoms. The summed E-state index contributed by atoms with van der Waals surface area (Å²) in [6.45, 7) is 3.35. The normalized spacial score (nSPS) is 14.0. The fourth-order valence-electron chi connectivity index (χ4n) is 1.43. The molecule has 1 rings (SSSR count). The molecule has 1 aromatic rings. The minimum absolute atomic E-state index is 0.323. The maximum atomic E-state index is 13.3. The molecule has 0 aromatic heterocycles. The maximum Gasteiger partial charge on any atom is 0.241 e. The Bertz CT molecular complexity index is 506. The highest BCUT2D eigenvalue weighted by molar-refractivity contribution is 5.95. The Morgan fingerprint density at radius 1 is 1.05 bits per heavy atom. The van der Waals surface area contributed by atoms with Crippen LogP contribution in [0.4, 0.5) is 27.6 Å². The number of nitrogens with one attached hydrogen (secondary N) is 1. The SMILES string of the molecule is CCC(C)C(N)C(=O)Nc1c(F)c(F)c(F)c(F)c1F. The minimum atomic E-state index is -2.29. The first-order valence-electron chi connectivity index (χ1n) is 5.80. The molecule has 3 N–H and O–H groups in total. The zero-order valence-corrected chi connectivity index (χ0v) is 10.7. The van der Waals surface area contributed by atoms with Crippen LogP contribution >= 0.6 is 0 Å². The summed E-state index contributed by atoms with van der Waals surface area (Å²) in [5, 5.41) is 1.64. The summed E-state index contributed by atoms with van der Waals surface area (Å²) in [7, 11) is 0. The number of halogens is 5. The van der Waals surface area contributed by atoms with Gasteiger partial charge < -0.3 is 11.1 Å². The van der Waals surface area contributed by atoms with E-state index in [4.69, 9.17) is 5.73 Å². The molecule has 0 fully saturated rings. The van der Waals surface area contributed by atoms with E-state index in [1.54, 1.807) is 19.2 Å².